The smallest absolute Gasteiger partial charge is 0.323 e. The van der Waals surface area contributed by atoms with Crippen LogP contribution in [0, 0.1) is 0 Å². The fraction of sp³-hybridized carbons (Fsp3) is 0.467. The number of urea groups is 1. The lowest BCUT2D eigenvalue weighted by molar-refractivity contribution is -0.138. The predicted molar refractivity (Wildman–Crippen MR) is 85.2 cm³/mol. The van der Waals surface area contributed by atoms with Crippen molar-refractivity contribution in [2.75, 3.05) is 6.54 Å². The predicted octanol–water partition coefficient (Wildman–Crippen LogP) is 3.40. The van der Waals surface area contributed by atoms with Gasteiger partial charge in [-0.1, -0.05) is 28.1 Å². The third kappa shape index (κ3) is 5.38. The van der Waals surface area contributed by atoms with E-state index in [1.54, 1.807) is 20.8 Å². The lowest BCUT2D eigenvalue weighted by atomic mass is 10.1. The van der Waals surface area contributed by atoms with Crippen molar-refractivity contribution in [2.45, 2.75) is 39.3 Å². The van der Waals surface area contributed by atoms with Crippen molar-refractivity contribution in [3.05, 3.63) is 34.3 Å². The molecule has 0 aromatic heterocycles. The summed E-state index contributed by atoms with van der Waals surface area (Å²) in [6.07, 6.45) is 0. The van der Waals surface area contributed by atoms with E-state index in [1.807, 2.05) is 31.2 Å². The van der Waals surface area contributed by atoms with Crippen LogP contribution in [0.3, 0.4) is 0 Å². The molecular weight excluding hydrogens is 336 g/mol. The number of hydrogen-bond donors (Lipinski definition) is 2. The van der Waals surface area contributed by atoms with E-state index in [1.165, 1.54) is 4.90 Å². The number of amides is 2. The lowest BCUT2D eigenvalue weighted by Gasteiger charge is -2.35. The molecule has 6 heteroatoms. The van der Waals surface area contributed by atoms with Gasteiger partial charge in [0.05, 0.1) is 6.04 Å². The van der Waals surface area contributed by atoms with E-state index in [9.17, 15) is 9.59 Å². The van der Waals surface area contributed by atoms with Crippen molar-refractivity contribution in [1.82, 2.24) is 10.2 Å². The molecule has 0 saturated heterocycles. The number of aliphatic carboxylic acids is 1. The highest BCUT2D eigenvalue weighted by Gasteiger charge is 2.29. The van der Waals surface area contributed by atoms with Gasteiger partial charge in [-0.15, -0.1) is 0 Å². The van der Waals surface area contributed by atoms with E-state index in [-0.39, 0.29) is 18.6 Å². The number of benzene rings is 1. The maximum atomic E-state index is 12.3. The maximum Gasteiger partial charge on any atom is 0.323 e. The van der Waals surface area contributed by atoms with Crippen molar-refractivity contribution >= 4 is 27.9 Å². The molecule has 0 aliphatic carbocycles. The molecule has 1 aromatic carbocycles. The van der Waals surface area contributed by atoms with E-state index in [0.717, 1.165) is 10.0 Å². The zero-order valence-electron chi connectivity index (χ0n) is 12.7. The average molecular weight is 357 g/mol. The number of carbonyl (C=O) groups is 2. The van der Waals surface area contributed by atoms with Crippen molar-refractivity contribution in [3.8, 4) is 0 Å². The van der Waals surface area contributed by atoms with Gasteiger partial charge in [-0.3, -0.25) is 4.79 Å². The molecule has 0 aliphatic heterocycles. The van der Waals surface area contributed by atoms with Gasteiger partial charge in [0.2, 0.25) is 0 Å². The van der Waals surface area contributed by atoms with Gasteiger partial charge >= 0.3 is 12.0 Å². The number of halogens is 1. The third-order valence-electron chi connectivity index (χ3n) is 3.06. The summed E-state index contributed by atoms with van der Waals surface area (Å²) >= 11 is 3.36. The Kier molecular flexibility index (Phi) is 5.78. The minimum atomic E-state index is -1.03. The Labute approximate surface area is 133 Å². The van der Waals surface area contributed by atoms with Crippen LogP contribution in [-0.2, 0) is 4.79 Å². The van der Waals surface area contributed by atoms with Gasteiger partial charge in [-0.25, -0.2) is 4.79 Å². The summed E-state index contributed by atoms with van der Waals surface area (Å²) < 4.78 is 0.965. The van der Waals surface area contributed by atoms with Crippen LogP contribution < -0.4 is 5.32 Å². The minimum absolute atomic E-state index is 0.204. The number of carboxylic acid groups (broad SMARTS) is 1. The zero-order valence-corrected chi connectivity index (χ0v) is 14.3. The Morgan fingerprint density at radius 2 is 1.81 bits per heavy atom. The molecule has 5 nitrogen and oxygen atoms in total. The minimum Gasteiger partial charge on any atom is -0.480 e. The first kappa shape index (κ1) is 17.5. The molecule has 1 atom stereocenters. The summed E-state index contributed by atoms with van der Waals surface area (Å²) in [5, 5.41) is 11.8. The fourth-order valence-electron chi connectivity index (χ4n) is 1.85. The molecule has 2 amide bonds. The summed E-state index contributed by atoms with van der Waals surface area (Å²) in [6, 6.07) is 7.03. The second-order valence-electron chi connectivity index (χ2n) is 5.87. The van der Waals surface area contributed by atoms with Crippen LogP contribution in [0.2, 0.25) is 0 Å². The monoisotopic (exact) mass is 356 g/mol. The van der Waals surface area contributed by atoms with Crippen LogP contribution in [0.5, 0.6) is 0 Å². The summed E-state index contributed by atoms with van der Waals surface area (Å²) in [6.45, 7) is 6.95. The van der Waals surface area contributed by atoms with Crippen molar-refractivity contribution in [3.63, 3.8) is 0 Å². The van der Waals surface area contributed by atoms with Crippen LogP contribution in [0.15, 0.2) is 28.7 Å². The molecule has 21 heavy (non-hydrogen) atoms. The Balaban J connectivity index is 2.81. The van der Waals surface area contributed by atoms with Gasteiger partial charge in [0, 0.05) is 10.0 Å². The third-order valence-corrected chi connectivity index (χ3v) is 3.59. The van der Waals surface area contributed by atoms with Crippen molar-refractivity contribution < 1.29 is 14.7 Å². The number of nitrogens with one attached hydrogen (secondary N) is 1. The molecule has 0 spiro atoms. The summed E-state index contributed by atoms with van der Waals surface area (Å²) in [4.78, 5) is 24.6. The molecule has 1 aromatic rings. The van der Waals surface area contributed by atoms with E-state index in [2.05, 4.69) is 21.2 Å². The summed E-state index contributed by atoms with van der Waals surface area (Å²) in [7, 11) is 0. The van der Waals surface area contributed by atoms with Crippen LogP contribution in [0.1, 0.15) is 39.3 Å². The molecule has 2 N–H and O–H groups in total. The van der Waals surface area contributed by atoms with Crippen LogP contribution in [0.4, 0.5) is 4.79 Å². The Morgan fingerprint density at radius 3 is 2.24 bits per heavy atom. The second-order valence-corrected chi connectivity index (χ2v) is 6.79. The first-order valence-electron chi connectivity index (χ1n) is 6.66. The Morgan fingerprint density at radius 1 is 1.29 bits per heavy atom. The fourth-order valence-corrected chi connectivity index (χ4v) is 2.11. The van der Waals surface area contributed by atoms with E-state index >= 15 is 0 Å². The van der Waals surface area contributed by atoms with E-state index in [0.29, 0.717) is 0 Å². The SMILES string of the molecule is CC(NC(=O)N(CC(=O)O)C(C)(C)C)c1ccc(Br)cc1. The normalized spacial score (nSPS) is 12.6. The maximum absolute atomic E-state index is 12.3. The van der Waals surface area contributed by atoms with Crippen LogP contribution in [0.25, 0.3) is 0 Å². The molecule has 116 valence electrons. The number of hydrogen-bond acceptors (Lipinski definition) is 2. The topological polar surface area (TPSA) is 69.6 Å². The Hall–Kier alpha value is -1.56. The number of carbonyl (C=O) groups excluding carboxylic acids is 1. The number of carboxylic acids is 1. The molecule has 0 saturated carbocycles. The highest BCUT2D eigenvalue weighted by atomic mass is 79.9. The van der Waals surface area contributed by atoms with Gasteiger partial charge in [0.25, 0.3) is 0 Å². The summed E-state index contributed by atoms with van der Waals surface area (Å²) in [5.41, 5.74) is 0.387. The first-order valence-corrected chi connectivity index (χ1v) is 7.46. The Bertz CT molecular complexity index is 509. The number of rotatable bonds is 4. The molecule has 0 bridgehead atoms. The van der Waals surface area contributed by atoms with Gasteiger partial charge < -0.3 is 15.3 Å². The molecule has 0 radical (unpaired) electrons. The first-order chi connectivity index (χ1) is 9.61. The van der Waals surface area contributed by atoms with Crippen molar-refractivity contribution in [1.29, 1.82) is 0 Å². The highest BCUT2D eigenvalue weighted by Crippen LogP contribution is 2.18. The molecular formula is C15H21BrN2O3. The standard InChI is InChI=1S/C15H21BrN2O3/c1-10(11-5-7-12(16)8-6-11)17-14(21)18(9-13(19)20)15(2,3)4/h5-8,10H,9H2,1-4H3,(H,17,21)(H,19,20). The van der Waals surface area contributed by atoms with Gasteiger partial charge in [0.1, 0.15) is 6.54 Å². The molecule has 1 unspecified atom stereocenters. The van der Waals surface area contributed by atoms with Crippen LogP contribution >= 0.6 is 15.9 Å². The van der Waals surface area contributed by atoms with Gasteiger partial charge in [0.15, 0.2) is 0 Å². The largest absolute Gasteiger partial charge is 0.480 e. The molecule has 0 aliphatic rings. The second kappa shape index (κ2) is 6.93. The zero-order chi connectivity index (χ0) is 16.2. The van der Waals surface area contributed by atoms with Crippen molar-refractivity contribution in [2.24, 2.45) is 0 Å². The summed E-state index contributed by atoms with van der Waals surface area (Å²) in [5.74, 6) is -1.03. The lowest BCUT2D eigenvalue weighted by Crippen LogP contribution is -2.52. The molecule has 0 fully saturated rings. The van der Waals surface area contributed by atoms with Gasteiger partial charge in [-0.2, -0.15) is 0 Å². The highest BCUT2D eigenvalue weighted by molar-refractivity contribution is 9.10. The number of nitrogens with zero attached hydrogens (tertiary/aromatic N) is 1. The quantitative estimate of drug-likeness (QED) is 0.868. The average Bonchev–Trinajstić information content (AvgIpc) is 2.35. The van der Waals surface area contributed by atoms with Gasteiger partial charge in [-0.05, 0) is 45.4 Å². The van der Waals surface area contributed by atoms with Crippen LogP contribution in [-0.4, -0.2) is 34.1 Å². The molecule has 1 rings (SSSR count). The van der Waals surface area contributed by atoms with E-state index < -0.39 is 11.5 Å². The van der Waals surface area contributed by atoms with E-state index in [4.69, 9.17) is 5.11 Å². The molecule has 0 heterocycles.